The van der Waals surface area contributed by atoms with Crippen LogP contribution in [0.15, 0.2) is 60.9 Å². The third-order valence-corrected chi connectivity index (χ3v) is 5.08. The average Bonchev–Trinajstić information content (AvgIpc) is 2.79. The second kappa shape index (κ2) is 8.62. The number of anilines is 3. The first kappa shape index (κ1) is 19.4. The van der Waals surface area contributed by atoms with Gasteiger partial charge in [0.25, 0.3) is 5.91 Å². The molecule has 1 amide bonds. The third-order valence-electron chi connectivity index (χ3n) is 5.08. The number of aromatic nitrogens is 2. The van der Waals surface area contributed by atoms with Crippen molar-refractivity contribution < 1.29 is 4.79 Å². The monoisotopic (exact) mass is 398 g/mol. The molecule has 1 fully saturated rings. The van der Waals surface area contributed by atoms with E-state index in [1.807, 2.05) is 0 Å². The minimum atomic E-state index is -0.305. The molecular formula is C23H22N6O. The Balaban J connectivity index is 1.37. The number of nitrogens with zero attached hydrogens (tertiary/aromatic N) is 5. The van der Waals surface area contributed by atoms with Crippen LogP contribution in [0.5, 0.6) is 0 Å². The van der Waals surface area contributed by atoms with Gasteiger partial charge < -0.3 is 15.1 Å². The summed E-state index contributed by atoms with van der Waals surface area (Å²) >= 11 is 0. The first-order valence-corrected chi connectivity index (χ1v) is 9.82. The zero-order valence-corrected chi connectivity index (χ0v) is 16.7. The number of hydrogen-bond acceptors (Lipinski definition) is 6. The summed E-state index contributed by atoms with van der Waals surface area (Å²) in [6.45, 7) is 5.53. The summed E-state index contributed by atoms with van der Waals surface area (Å²) in [6, 6.07) is 17.4. The highest BCUT2D eigenvalue weighted by Crippen LogP contribution is 2.19. The molecule has 1 N–H and O–H groups in total. The Morgan fingerprint density at radius 1 is 1.00 bits per heavy atom. The van der Waals surface area contributed by atoms with Crippen LogP contribution in [0, 0.1) is 18.3 Å². The Morgan fingerprint density at radius 2 is 1.70 bits per heavy atom. The number of piperazine rings is 1. The standard InChI is InChI=1S/C23H22N6O/c1-17-4-2-7-21(12-17)28-8-10-29(11-9-28)23-25-15-19(16-26-23)22(30)27-20-6-3-5-18(13-20)14-24/h2-7,12-13,15-16H,8-11H2,1H3,(H,27,30). The Hall–Kier alpha value is -3.92. The van der Waals surface area contributed by atoms with Crippen LogP contribution < -0.4 is 15.1 Å². The Bertz CT molecular complexity index is 1080. The molecule has 1 aliphatic rings. The zero-order valence-electron chi connectivity index (χ0n) is 16.7. The molecule has 2 aromatic carbocycles. The third kappa shape index (κ3) is 4.39. The lowest BCUT2D eigenvalue weighted by Gasteiger charge is -2.36. The molecule has 7 heteroatoms. The molecule has 0 aliphatic carbocycles. The van der Waals surface area contributed by atoms with Gasteiger partial charge in [-0.15, -0.1) is 0 Å². The van der Waals surface area contributed by atoms with Gasteiger partial charge in [-0.05, 0) is 42.8 Å². The van der Waals surface area contributed by atoms with Crippen molar-refractivity contribution in [2.75, 3.05) is 41.3 Å². The van der Waals surface area contributed by atoms with Crippen molar-refractivity contribution >= 4 is 23.2 Å². The van der Waals surface area contributed by atoms with E-state index >= 15 is 0 Å². The van der Waals surface area contributed by atoms with E-state index in [4.69, 9.17) is 5.26 Å². The van der Waals surface area contributed by atoms with Crippen molar-refractivity contribution in [2.24, 2.45) is 0 Å². The maximum atomic E-state index is 12.4. The van der Waals surface area contributed by atoms with Crippen molar-refractivity contribution in [1.29, 1.82) is 5.26 Å². The van der Waals surface area contributed by atoms with Crippen LogP contribution >= 0.6 is 0 Å². The Morgan fingerprint density at radius 3 is 2.40 bits per heavy atom. The van der Waals surface area contributed by atoms with E-state index < -0.39 is 0 Å². The first-order valence-electron chi connectivity index (χ1n) is 9.82. The molecule has 0 unspecified atom stereocenters. The lowest BCUT2D eigenvalue weighted by atomic mass is 10.2. The lowest BCUT2D eigenvalue weighted by molar-refractivity contribution is 0.102. The van der Waals surface area contributed by atoms with E-state index in [-0.39, 0.29) is 5.91 Å². The fourth-order valence-electron chi connectivity index (χ4n) is 3.46. The quantitative estimate of drug-likeness (QED) is 0.726. The van der Waals surface area contributed by atoms with E-state index in [9.17, 15) is 4.79 Å². The fraction of sp³-hybridized carbons (Fsp3) is 0.217. The highest BCUT2D eigenvalue weighted by atomic mass is 16.1. The molecule has 0 radical (unpaired) electrons. The molecule has 2 heterocycles. The Kier molecular flexibility index (Phi) is 5.57. The van der Waals surface area contributed by atoms with Crippen molar-refractivity contribution in [3.63, 3.8) is 0 Å². The Labute approximate surface area is 175 Å². The topological polar surface area (TPSA) is 85.1 Å². The zero-order chi connectivity index (χ0) is 20.9. The molecule has 7 nitrogen and oxygen atoms in total. The van der Waals surface area contributed by atoms with Gasteiger partial charge in [0.05, 0.1) is 17.2 Å². The van der Waals surface area contributed by atoms with E-state index in [0.717, 1.165) is 26.2 Å². The fourth-order valence-corrected chi connectivity index (χ4v) is 3.46. The maximum Gasteiger partial charge on any atom is 0.258 e. The van der Waals surface area contributed by atoms with Crippen LogP contribution in [-0.4, -0.2) is 42.1 Å². The molecule has 30 heavy (non-hydrogen) atoms. The molecule has 1 aromatic heterocycles. The van der Waals surface area contributed by atoms with Crippen LogP contribution in [0.4, 0.5) is 17.3 Å². The van der Waals surface area contributed by atoms with Crippen LogP contribution in [0.2, 0.25) is 0 Å². The number of aryl methyl sites for hydroxylation is 1. The van der Waals surface area contributed by atoms with Gasteiger partial charge in [-0.2, -0.15) is 5.26 Å². The van der Waals surface area contributed by atoms with E-state index in [1.54, 1.807) is 36.7 Å². The smallest absolute Gasteiger partial charge is 0.258 e. The number of hydrogen-bond donors (Lipinski definition) is 1. The molecule has 150 valence electrons. The summed E-state index contributed by atoms with van der Waals surface area (Å²) in [4.78, 5) is 25.7. The summed E-state index contributed by atoms with van der Waals surface area (Å²) in [7, 11) is 0. The SMILES string of the molecule is Cc1cccc(N2CCN(c3ncc(C(=O)Nc4cccc(C#N)c4)cn3)CC2)c1. The highest BCUT2D eigenvalue weighted by Gasteiger charge is 2.19. The van der Waals surface area contributed by atoms with Crippen molar-refractivity contribution in [1.82, 2.24) is 9.97 Å². The normalized spacial score (nSPS) is 13.6. The van der Waals surface area contributed by atoms with Gasteiger partial charge in [0, 0.05) is 49.9 Å². The molecular weight excluding hydrogens is 376 g/mol. The van der Waals surface area contributed by atoms with Gasteiger partial charge in [-0.3, -0.25) is 4.79 Å². The molecule has 0 spiro atoms. The summed E-state index contributed by atoms with van der Waals surface area (Å²) in [5.74, 6) is 0.322. The molecule has 1 aliphatic heterocycles. The van der Waals surface area contributed by atoms with Crippen molar-refractivity contribution in [3.05, 3.63) is 77.6 Å². The molecule has 0 saturated carbocycles. The van der Waals surface area contributed by atoms with Gasteiger partial charge in [0.15, 0.2) is 0 Å². The minimum absolute atomic E-state index is 0.305. The number of nitrogens with one attached hydrogen (secondary N) is 1. The van der Waals surface area contributed by atoms with Gasteiger partial charge in [0.2, 0.25) is 5.95 Å². The average molecular weight is 398 g/mol. The molecule has 4 rings (SSSR count). The predicted molar refractivity (Wildman–Crippen MR) is 117 cm³/mol. The number of amides is 1. The van der Waals surface area contributed by atoms with Crippen LogP contribution in [0.3, 0.4) is 0 Å². The first-order chi connectivity index (χ1) is 14.6. The summed E-state index contributed by atoms with van der Waals surface area (Å²) in [6.07, 6.45) is 3.08. The number of rotatable bonds is 4. The second-order valence-corrected chi connectivity index (χ2v) is 7.23. The molecule has 0 bridgehead atoms. The van der Waals surface area contributed by atoms with Crippen LogP contribution in [-0.2, 0) is 0 Å². The molecule has 3 aromatic rings. The minimum Gasteiger partial charge on any atom is -0.368 e. The molecule has 1 saturated heterocycles. The van der Waals surface area contributed by atoms with Gasteiger partial charge in [-0.1, -0.05) is 18.2 Å². The van der Waals surface area contributed by atoms with Crippen LogP contribution in [0.1, 0.15) is 21.5 Å². The summed E-state index contributed by atoms with van der Waals surface area (Å²) in [5.41, 5.74) is 3.92. The van der Waals surface area contributed by atoms with Gasteiger partial charge in [0.1, 0.15) is 0 Å². The largest absolute Gasteiger partial charge is 0.368 e. The maximum absolute atomic E-state index is 12.4. The lowest BCUT2D eigenvalue weighted by Crippen LogP contribution is -2.47. The predicted octanol–water partition coefficient (Wildman–Crippen LogP) is 3.24. The summed E-state index contributed by atoms with van der Waals surface area (Å²) < 4.78 is 0. The van der Waals surface area contributed by atoms with Gasteiger partial charge >= 0.3 is 0 Å². The number of carbonyl (C=O) groups is 1. The number of carbonyl (C=O) groups excluding carboxylic acids is 1. The highest BCUT2D eigenvalue weighted by molar-refractivity contribution is 6.03. The molecule has 0 atom stereocenters. The van der Waals surface area contributed by atoms with E-state index in [2.05, 4.69) is 62.3 Å². The number of benzene rings is 2. The van der Waals surface area contributed by atoms with E-state index in [0.29, 0.717) is 22.8 Å². The summed E-state index contributed by atoms with van der Waals surface area (Å²) in [5, 5.41) is 11.7. The second-order valence-electron chi connectivity index (χ2n) is 7.23. The van der Waals surface area contributed by atoms with Crippen molar-refractivity contribution in [3.8, 4) is 6.07 Å². The van der Waals surface area contributed by atoms with Crippen LogP contribution in [0.25, 0.3) is 0 Å². The van der Waals surface area contributed by atoms with Gasteiger partial charge in [-0.25, -0.2) is 9.97 Å². The van der Waals surface area contributed by atoms with E-state index in [1.165, 1.54) is 11.3 Å². The number of nitriles is 1. The van der Waals surface area contributed by atoms with Crippen molar-refractivity contribution in [2.45, 2.75) is 6.92 Å².